The lowest BCUT2D eigenvalue weighted by Gasteiger charge is -2.21. The Kier molecular flexibility index (Phi) is 4.22. The molecule has 1 atom stereocenters. The van der Waals surface area contributed by atoms with Crippen molar-refractivity contribution < 1.29 is 14.6 Å². The Morgan fingerprint density at radius 2 is 2.32 bits per heavy atom. The van der Waals surface area contributed by atoms with Gasteiger partial charge in [-0.15, -0.1) is 0 Å². The number of nitrogens with zero attached hydrogens (tertiary/aromatic N) is 1. The first kappa shape index (κ1) is 13.6. The number of ether oxygens (including phenoxy) is 1. The van der Waals surface area contributed by atoms with Crippen molar-refractivity contribution in [2.75, 3.05) is 25.1 Å². The first-order valence-corrected chi connectivity index (χ1v) is 6.39. The van der Waals surface area contributed by atoms with Crippen LogP contribution in [0.5, 0.6) is 0 Å². The van der Waals surface area contributed by atoms with Crippen LogP contribution in [-0.2, 0) is 9.53 Å². The van der Waals surface area contributed by atoms with Crippen LogP contribution in [0.3, 0.4) is 0 Å². The molecule has 1 aliphatic heterocycles. The topological polar surface area (TPSA) is 49.8 Å². The molecule has 0 bridgehead atoms. The summed E-state index contributed by atoms with van der Waals surface area (Å²) in [7, 11) is 1.75. The van der Waals surface area contributed by atoms with E-state index in [-0.39, 0.29) is 0 Å². The van der Waals surface area contributed by atoms with E-state index in [2.05, 4.69) is 11.0 Å². The van der Waals surface area contributed by atoms with Crippen LogP contribution >= 0.6 is 0 Å². The predicted octanol–water partition coefficient (Wildman–Crippen LogP) is 2.32. The molecule has 0 amide bonds. The van der Waals surface area contributed by atoms with E-state index >= 15 is 0 Å². The predicted molar refractivity (Wildman–Crippen MR) is 75.5 cm³/mol. The van der Waals surface area contributed by atoms with Gasteiger partial charge in [0.1, 0.15) is 0 Å². The first-order chi connectivity index (χ1) is 9.10. The fourth-order valence-corrected chi connectivity index (χ4v) is 2.44. The molecule has 1 heterocycles. The maximum absolute atomic E-state index is 10.5. The van der Waals surface area contributed by atoms with Crippen LogP contribution < -0.4 is 4.90 Å². The first-order valence-electron chi connectivity index (χ1n) is 6.39. The van der Waals surface area contributed by atoms with Gasteiger partial charge in [0.15, 0.2) is 0 Å². The molecule has 0 spiro atoms. The van der Waals surface area contributed by atoms with Crippen molar-refractivity contribution in [3.63, 3.8) is 0 Å². The highest BCUT2D eigenvalue weighted by molar-refractivity contribution is 5.85. The summed E-state index contributed by atoms with van der Waals surface area (Å²) in [4.78, 5) is 12.8. The van der Waals surface area contributed by atoms with E-state index in [1.807, 2.05) is 19.1 Å². The number of anilines is 1. The van der Waals surface area contributed by atoms with E-state index in [1.54, 1.807) is 13.2 Å². The number of carbonyl (C=O) groups is 1. The number of carboxylic acid groups (broad SMARTS) is 1. The van der Waals surface area contributed by atoms with Crippen LogP contribution in [0.25, 0.3) is 6.08 Å². The van der Waals surface area contributed by atoms with Crippen LogP contribution in [-0.4, -0.2) is 37.4 Å². The molecule has 1 saturated heterocycles. The summed E-state index contributed by atoms with van der Waals surface area (Å²) in [5, 5.41) is 8.62. The Hall–Kier alpha value is -1.81. The van der Waals surface area contributed by atoms with Gasteiger partial charge in [-0.2, -0.15) is 0 Å². The van der Waals surface area contributed by atoms with Crippen molar-refractivity contribution in [3.05, 3.63) is 35.4 Å². The zero-order chi connectivity index (χ0) is 13.8. The van der Waals surface area contributed by atoms with Gasteiger partial charge in [0.25, 0.3) is 0 Å². The van der Waals surface area contributed by atoms with Gasteiger partial charge in [-0.3, -0.25) is 0 Å². The molecule has 0 saturated carbocycles. The van der Waals surface area contributed by atoms with Crippen molar-refractivity contribution in [1.29, 1.82) is 0 Å². The van der Waals surface area contributed by atoms with Gasteiger partial charge < -0.3 is 14.7 Å². The average molecular weight is 261 g/mol. The van der Waals surface area contributed by atoms with Crippen LogP contribution in [0.2, 0.25) is 0 Å². The van der Waals surface area contributed by atoms with Gasteiger partial charge >= 0.3 is 5.97 Å². The van der Waals surface area contributed by atoms with Crippen molar-refractivity contribution in [2.45, 2.75) is 19.4 Å². The monoisotopic (exact) mass is 261 g/mol. The number of aliphatic carboxylic acids is 1. The molecule has 4 nitrogen and oxygen atoms in total. The van der Waals surface area contributed by atoms with E-state index in [4.69, 9.17) is 9.84 Å². The lowest BCUT2D eigenvalue weighted by Crippen LogP contribution is -2.22. The second kappa shape index (κ2) is 5.89. The van der Waals surface area contributed by atoms with Gasteiger partial charge in [-0.1, -0.05) is 6.07 Å². The highest BCUT2D eigenvalue weighted by Gasteiger charge is 2.23. The van der Waals surface area contributed by atoms with Crippen LogP contribution in [0.15, 0.2) is 24.3 Å². The molecule has 4 heteroatoms. The van der Waals surface area contributed by atoms with Crippen LogP contribution in [0, 0.1) is 6.92 Å². The minimum absolute atomic E-state index is 0.311. The molecule has 1 fully saturated rings. The minimum Gasteiger partial charge on any atom is -0.478 e. The molecular weight excluding hydrogens is 242 g/mol. The van der Waals surface area contributed by atoms with Gasteiger partial charge in [0.05, 0.1) is 6.10 Å². The summed E-state index contributed by atoms with van der Waals surface area (Å²) in [6.45, 7) is 3.97. The maximum Gasteiger partial charge on any atom is 0.328 e. The van der Waals surface area contributed by atoms with E-state index < -0.39 is 5.97 Å². The third-order valence-corrected chi connectivity index (χ3v) is 3.46. The molecular formula is C15H19NO3. The molecule has 19 heavy (non-hydrogen) atoms. The Morgan fingerprint density at radius 1 is 1.53 bits per heavy atom. The molecule has 1 aliphatic rings. The van der Waals surface area contributed by atoms with Gasteiger partial charge in [-0.05, 0) is 42.7 Å². The molecule has 1 aromatic carbocycles. The summed E-state index contributed by atoms with van der Waals surface area (Å²) < 4.78 is 5.37. The lowest BCUT2D eigenvalue weighted by molar-refractivity contribution is -0.131. The fraction of sp³-hybridized carbons (Fsp3) is 0.400. The summed E-state index contributed by atoms with van der Waals surface area (Å²) >= 11 is 0. The molecule has 102 valence electrons. The third kappa shape index (κ3) is 3.35. The average Bonchev–Trinajstić information content (AvgIpc) is 2.85. The zero-order valence-electron chi connectivity index (χ0n) is 11.3. The number of aryl methyl sites for hydroxylation is 1. The van der Waals surface area contributed by atoms with Crippen LogP contribution in [0.1, 0.15) is 17.5 Å². The van der Waals surface area contributed by atoms with E-state index in [9.17, 15) is 4.79 Å². The Bertz CT molecular complexity index is 496. The molecule has 1 unspecified atom stereocenters. The normalized spacial score (nSPS) is 19.3. The minimum atomic E-state index is -0.927. The molecule has 0 aromatic heterocycles. The van der Waals surface area contributed by atoms with Gasteiger partial charge in [0.2, 0.25) is 0 Å². The zero-order valence-corrected chi connectivity index (χ0v) is 11.3. The Labute approximate surface area is 113 Å². The quantitative estimate of drug-likeness (QED) is 0.845. The van der Waals surface area contributed by atoms with Crippen LogP contribution in [0.4, 0.5) is 5.69 Å². The van der Waals surface area contributed by atoms with E-state index in [0.29, 0.717) is 6.10 Å². The number of methoxy groups -OCH3 is 1. The number of hydrogen-bond acceptors (Lipinski definition) is 3. The highest BCUT2D eigenvalue weighted by atomic mass is 16.5. The maximum atomic E-state index is 10.5. The summed E-state index contributed by atoms with van der Waals surface area (Å²) in [6.07, 6.45) is 4.13. The number of benzene rings is 1. The summed E-state index contributed by atoms with van der Waals surface area (Å²) in [6, 6.07) is 6.01. The summed E-state index contributed by atoms with van der Waals surface area (Å²) in [5.74, 6) is -0.927. The Morgan fingerprint density at radius 3 is 2.89 bits per heavy atom. The number of rotatable bonds is 4. The highest BCUT2D eigenvalue weighted by Crippen LogP contribution is 2.26. The van der Waals surface area contributed by atoms with Crippen molar-refractivity contribution in [1.82, 2.24) is 0 Å². The molecule has 0 radical (unpaired) electrons. The number of carboxylic acids is 1. The second-order valence-electron chi connectivity index (χ2n) is 4.81. The van der Waals surface area contributed by atoms with E-state index in [1.165, 1.54) is 5.69 Å². The largest absolute Gasteiger partial charge is 0.478 e. The second-order valence-corrected chi connectivity index (χ2v) is 4.81. The van der Waals surface area contributed by atoms with Crippen molar-refractivity contribution in [2.24, 2.45) is 0 Å². The third-order valence-electron chi connectivity index (χ3n) is 3.46. The van der Waals surface area contributed by atoms with Gasteiger partial charge in [-0.25, -0.2) is 4.79 Å². The summed E-state index contributed by atoms with van der Waals surface area (Å²) in [5.41, 5.74) is 3.27. The smallest absolute Gasteiger partial charge is 0.328 e. The van der Waals surface area contributed by atoms with Gasteiger partial charge in [0, 0.05) is 32.0 Å². The molecule has 2 rings (SSSR count). The molecule has 1 aromatic rings. The number of hydrogen-bond donors (Lipinski definition) is 1. The van der Waals surface area contributed by atoms with Crippen molar-refractivity contribution >= 4 is 17.7 Å². The van der Waals surface area contributed by atoms with Crippen molar-refractivity contribution in [3.8, 4) is 0 Å². The lowest BCUT2D eigenvalue weighted by atomic mass is 10.1. The molecule has 0 aliphatic carbocycles. The Balaban J connectivity index is 2.13. The molecule has 1 N–H and O–H groups in total. The fourth-order valence-electron chi connectivity index (χ4n) is 2.44. The van der Waals surface area contributed by atoms with E-state index in [0.717, 1.165) is 36.7 Å². The SMILES string of the molecule is COC1CCN(c2ccc(/C=C/C(=O)O)cc2C)C1. The standard InChI is InChI=1S/C15H19NO3/c1-11-9-12(4-6-15(17)18)3-5-14(11)16-8-7-13(10-16)19-2/h3-6,9,13H,7-8,10H2,1-2H3,(H,17,18)/b6-4+.